The number of phenols is 1. The minimum absolute atomic E-state index is 0.152. The lowest BCUT2D eigenvalue weighted by Gasteiger charge is -2.36. The fourth-order valence-corrected chi connectivity index (χ4v) is 4.69. The molecule has 0 saturated heterocycles. The van der Waals surface area contributed by atoms with Crippen LogP contribution in [0.5, 0.6) is 11.5 Å². The molecule has 0 saturated carbocycles. The number of aliphatic hydroxyl groups is 1. The maximum Gasteiger partial charge on any atom is 0.169 e. The molecule has 0 amide bonds. The van der Waals surface area contributed by atoms with Gasteiger partial charge in [-0.25, -0.2) is 0 Å². The predicted molar refractivity (Wildman–Crippen MR) is 99.9 cm³/mol. The zero-order chi connectivity index (χ0) is 17.8. The van der Waals surface area contributed by atoms with Gasteiger partial charge in [0, 0.05) is 31.1 Å². The van der Waals surface area contributed by atoms with Crippen LogP contribution in [0.3, 0.4) is 0 Å². The Morgan fingerprint density at radius 1 is 1.44 bits per heavy atom. The number of phenolic OH excluding ortho intramolecular Hbond substituents is 1. The Morgan fingerprint density at radius 2 is 2.24 bits per heavy atom. The first kappa shape index (κ1) is 16.7. The number of thiocarbonyl (C=S) groups is 1. The van der Waals surface area contributed by atoms with E-state index in [4.69, 9.17) is 17.0 Å². The third-order valence-electron chi connectivity index (χ3n) is 5.45. The Balaban J connectivity index is 1.78. The van der Waals surface area contributed by atoms with E-state index in [1.54, 1.807) is 6.07 Å². The molecule has 2 heterocycles. The number of hydrogen-bond donors (Lipinski definition) is 3. The van der Waals surface area contributed by atoms with E-state index in [-0.39, 0.29) is 23.3 Å². The Kier molecular flexibility index (Phi) is 3.92. The van der Waals surface area contributed by atoms with Gasteiger partial charge in [0.05, 0.1) is 11.5 Å². The first-order valence-corrected chi connectivity index (χ1v) is 9.26. The van der Waals surface area contributed by atoms with Gasteiger partial charge >= 0.3 is 0 Å². The lowest BCUT2D eigenvalue weighted by atomic mass is 9.69. The van der Waals surface area contributed by atoms with Crippen LogP contribution in [-0.2, 0) is 12.0 Å². The van der Waals surface area contributed by atoms with Crippen molar-refractivity contribution in [2.75, 3.05) is 6.54 Å². The highest BCUT2D eigenvalue weighted by Gasteiger charge is 2.52. The molecule has 0 fully saturated rings. The van der Waals surface area contributed by atoms with E-state index in [1.165, 1.54) is 0 Å². The summed E-state index contributed by atoms with van der Waals surface area (Å²) in [5, 5.41) is 24.4. The summed E-state index contributed by atoms with van der Waals surface area (Å²) in [4.78, 5) is 2.19. The molecule has 0 radical (unpaired) electrons. The van der Waals surface area contributed by atoms with Crippen LogP contribution in [0, 0.1) is 0 Å². The molecule has 1 aromatic carbocycles. The third-order valence-corrected chi connectivity index (χ3v) is 5.83. The second-order valence-electron chi connectivity index (χ2n) is 7.53. The monoisotopic (exact) mass is 360 g/mol. The average molecular weight is 360 g/mol. The van der Waals surface area contributed by atoms with Gasteiger partial charge in [0.1, 0.15) is 6.10 Å². The van der Waals surface area contributed by atoms with E-state index >= 15 is 0 Å². The maximum atomic E-state index is 10.3. The van der Waals surface area contributed by atoms with Gasteiger partial charge < -0.3 is 25.2 Å². The van der Waals surface area contributed by atoms with Crippen molar-refractivity contribution in [3.63, 3.8) is 0 Å². The SMILES string of the molecule is CC(C)NC(=S)N1CCC23C=CC(O)CC2Oc2c(O)ccc(c23)C1. The third kappa shape index (κ3) is 2.59. The molecule has 3 N–H and O–H groups in total. The first-order valence-electron chi connectivity index (χ1n) is 8.85. The summed E-state index contributed by atoms with van der Waals surface area (Å²) < 4.78 is 6.11. The van der Waals surface area contributed by atoms with E-state index in [0.29, 0.717) is 18.7 Å². The lowest BCUT2D eigenvalue weighted by Crippen LogP contribution is -2.45. The highest BCUT2D eigenvalue weighted by molar-refractivity contribution is 7.80. The quantitative estimate of drug-likeness (QED) is 0.527. The first-order chi connectivity index (χ1) is 11.9. The molecule has 2 aliphatic heterocycles. The van der Waals surface area contributed by atoms with Crippen LogP contribution < -0.4 is 10.1 Å². The summed E-state index contributed by atoms with van der Waals surface area (Å²) in [5.74, 6) is 0.748. The summed E-state index contributed by atoms with van der Waals surface area (Å²) in [7, 11) is 0. The van der Waals surface area contributed by atoms with Crippen LogP contribution in [0.2, 0.25) is 0 Å². The van der Waals surface area contributed by atoms with Gasteiger partial charge in [0.15, 0.2) is 16.6 Å². The van der Waals surface area contributed by atoms with Crippen LogP contribution in [0.15, 0.2) is 24.3 Å². The molecule has 25 heavy (non-hydrogen) atoms. The van der Waals surface area contributed by atoms with Crippen LogP contribution in [-0.4, -0.2) is 45.0 Å². The van der Waals surface area contributed by atoms with Crippen LogP contribution in [0.1, 0.15) is 37.8 Å². The van der Waals surface area contributed by atoms with E-state index in [0.717, 1.165) is 29.2 Å². The van der Waals surface area contributed by atoms with E-state index in [9.17, 15) is 10.2 Å². The van der Waals surface area contributed by atoms with E-state index in [2.05, 4.69) is 30.1 Å². The van der Waals surface area contributed by atoms with Gasteiger partial charge in [-0.3, -0.25) is 0 Å². The molecule has 1 aromatic rings. The molecule has 3 unspecified atom stereocenters. The summed E-state index contributed by atoms with van der Waals surface area (Å²) in [6.45, 7) is 5.64. The largest absolute Gasteiger partial charge is 0.504 e. The number of nitrogens with one attached hydrogen (secondary N) is 1. The zero-order valence-corrected chi connectivity index (χ0v) is 15.3. The summed E-state index contributed by atoms with van der Waals surface area (Å²) >= 11 is 5.59. The Labute approximate surface area is 153 Å². The molecular weight excluding hydrogens is 336 g/mol. The number of aromatic hydroxyl groups is 1. The van der Waals surface area contributed by atoms with Crippen molar-refractivity contribution < 1.29 is 14.9 Å². The van der Waals surface area contributed by atoms with Gasteiger partial charge in [0.25, 0.3) is 0 Å². The van der Waals surface area contributed by atoms with Gasteiger partial charge in [-0.2, -0.15) is 0 Å². The molecule has 1 spiro atoms. The van der Waals surface area contributed by atoms with Crippen LogP contribution in [0.25, 0.3) is 0 Å². The number of aliphatic hydroxyl groups excluding tert-OH is 1. The second kappa shape index (κ2) is 5.88. The molecular formula is C19H24N2O3S. The van der Waals surface area contributed by atoms with Crippen molar-refractivity contribution in [1.82, 2.24) is 10.2 Å². The number of benzene rings is 1. The van der Waals surface area contributed by atoms with E-state index in [1.807, 2.05) is 12.1 Å². The van der Waals surface area contributed by atoms with Gasteiger partial charge in [-0.15, -0.1) is 0 Å². The van der Waals surface area contributed by atoms with Crippen molar-refractivity contribution in [2.45, 2.75) is 56.9 Å². The number of rotatable bonds is 1. The van der Waals surface area contributed by atoms with Gasteiger partial charge in [0.2, 0.25) is 0 Å². The smallest absolute Gasteiger partial charge is 0.169 e. The van der Waals surface area contributed by atoms with Crippen LogP contribution >= 0.6 is 12.2 Å². The van der Waals surface area contributed by atoms with E-state index < -0.39 is 6.10 Å². The fraction of sp³-hybridized carbons (Fsp3) is 0.526. The number of hydrogen-bond acceptors (Lipinski definition) is 4. The van der Waals surface area contributed by atoms with Crippen molar-refractivity contribution in [3.05, 3.63) is 35.4 Å². The highest BCUT2D eigenvalue weighted by Crippen LogP contribution is 2.55. The van der Waals surface area contributed by atoms with Crippen molar-refractivity contribution in [2.24, 2.45) is 0 Å². The van der Waals surface area contributed by atoms with Gasteiger partial charge in [-0.1, -0.05) is 18.2 Å². The molecule has 0 aromatic heterocycles. The molecule has 1 aliphatic carbocycles. The molecule has 3 atom stereocenters. The molecule has 5 nitrogen and oxygen atoms in total. The molecule has 134 valence electrons. The summed E-state index contributed by atoms with van der Waals surface area (Å²) in [5.41, 5.74) is 1.89. The maximum absolute atomic E-state index is 10.3. The predicted octanol–water partition coefficient (Wildman–Crippen LogP) is 2.20. The van der Waals surface area contributed by atoms with Crippen molar-refractivity contribution in [1.29, 1.82) is 0 Å². The fourth-order valence-electron chi connectivity index (χ4n) is 4.30. The average Bonchev–Trinajstić information content (AvgIpc) is 2.78. The van der Waals surface area contributed by atoms with Crippen molar-refractivity contribution in [3.8, 4) is 11.5 Å². The second-order valence-corrected chi connectivity index (χ2v) is 7.92. The minimum atomic E-state index is -0.501. The molecule has 0 bridgehead atoms. The van der Waals surface area contributed by atoms with Crippen molar-refractivity contribution >= 4 is 17.3 Å². The lowest BCUT2D eigenvalue weighted by molar-refractivity contribution is 0.0833. The van der Waals surface area contributed by atoms with Crippen LogP contribution in [0.4, 0.5) is 0 Å². The van der Waals surface area contributed by atoms with Gasteiger partial charge in [-0.05, 0) is 44.1 Å². The highest BCUT2D eigenvalue weighted by atomic mass is 32.1. The molecule has 6 heteroatoms. The summed E-state index contributed by atoms with van der Waals surface area (Å²) in [6.07, 6.45) is 4.68. The normalized spacial score (nSPS) is 29.7. The number of ether oxygens (including phenoxy) is 1. The molecule has 3 aliphatic rings. The topological polar surface area (TPSA) is 65.0 Å². The Morgan fingerprint density at radius 3 is 3.00 bits per heavy atom. The number of nitrogens with zero attached hydrogens (tertiary/aromatic N) is 1. The summed E-state index contributed by atoms with van der Waals surface area (Å²) in [6, 6.07) is 3.95. The zero-order valence-electron chi connectivity index (χ0n) is 14.5. The molecule has 4 rings (SSSR count). The Bertz CT molecular complexity index is 748. The standard InChI is InChI=1S/C19H24N2O3S/c1-11(2)20-18(25)21-8-7-19-6-5-13(22)9-15(19)24-17-14(23)4-3-12(10-21)16(17)19/h3-6,11,13,15,22-23H,7-10H2,1-2H3,(H,20,25). The minimum Gasteiger partial charge on any atom is -0.504 e. The Hall–Kier alpha value is -1.79.